The van der Waals surface area contributed by atoms with Crippen LogP contribution in [0.4, 0.5) is 4.79 Å². The monoisotopic (exact) mass is 264 g/mol. The van der Waals surface area contributed by atoms with E-state index in [1.165, 1.54) is 12.8 Å². The fourth-order valence-corrected chi connectivity index (χ4v) is 1.89. The third kappa shape index (κ3) is 6.27. The molecule has 1 rings (SSSR count). The van der Waals surface area contributed by atoms with Crippen LogP contribution >= 0.6 is 0 Å². The van der Waals surface area contributed by atoms with Gasteiger partial charge in [0, 0.05) is 0 Å². The van der Waals surface area contributed by atoms with Crippen LogP contribution in [0, 0.1) is 0 Å². The predicted molar refractivity (Wildman–Crippen MR) is 76.0 cm³/mol. The Morgan fingerprint density at radius 1 is 1.11 bits per heavy atom. The molecule has 0 saturated heterocycles. The van der Waals surface area contributed by atoms with Crippen LogP contribution in [0.1, 0.15) is 57.6 Å². The molecular formula is C16H24O3. The number of unbranched alkanes of at least 4 members (excludes halogenated alkanes) is 3. The third-order valence-corrected chi connectivity index (χ3v) is 3.00. The van der Waals surface area contributed by atoms with E-state index in [1.54, 1.807) is 0 Å². The van der Waals surface area contributed by atoms with Crippen molar-refractivity contribution in [2.24, 2.45) is 0 Å². The highest BCUT2D eigenvalue weighted by Crippen LogP contribution is 2.21. The second-order valence-electron chi connectivity index (χ2n) is 4.58. The fraction of sp³-hybridized carbons (Fsp3) is 0.562. The van der Waals surface area contributed by atoms with Crippen LogP contribution in [0.15, 0.2) is 30.3 Å². The maximum atomic E-state index is 11.6. The molecule has 106 valence electrons. The number of rotatable bonds is 8. The molecule has 0 aliphatic rings. The average molecular weight is 264 g/mol. The summed E-state index contributed by atoms with van der Waals surface area (Å²) in [4.78, 5) is 11.6. The molecule has 1 unspecified atom stereocenters. The molecule has 0 spiro atoms. The predicted octanol–water partition coefficient (Wildman–Crippen LogP) is 4.87. The van der Waals surface area contributed by atoms with Gasteiger partial charge in [-0.15, -0.1) is 0 Å². The molecule has 0 amide bonds. The van der Waals surface area contributed by atoms with E-state index >= 15 is 0 Å². The van der Waals surface area contributed by atoms with Crippen molar-refractivity contribution >= 4 is 6.16 Å². The van der Waals surface area contributed by atoms with Gasteiger partial charge in [0.1, 0.15) is 6.10 Å². The van der Waals surface area contributed by atoms with Crippen molar-refractivity contribution in [3.63, 3.8) is 0 Å². The van der Waals surface area contributed by atoms with Gasteiger partial charge in [-0.25, -0.2) is 4.79 Å². The molecule has 0 aliphatic carbocycles. The molecular weight excluding hydrogens is 240 g/mol. The molecule has 0 heterocycles. The maximum Gasteiger partial charge on any atom is 0.508 e. The van der Waals surface area contributed by atoms with E-state index in [9.17, 15) is 4.79 Å². The largest absolute Gasteiger partial charge is 0.508 e. The second kappa shape index (κ2) is 9.42. The number of hydrogen-bond acceptors (Lipinski definition) is 3. The van der Waals surface area contributed by atoms with Gasteiger partial charge in [-0.05, 0) is 18.4 Å². The normalized spacial score (nSPS) is 11.9. The van der Waals surface area contributed by atoms with Gasteiger partial charge in [0.2, 0.25) is 0 Å². The molecule has 0 saturated carbocycles. The van der Waals surface area contributed by atoms with E-state index < -0.39 is 6.16 Å². The summed E-state index contributed by atoms with van der Waals surface area (Å²) in [5, 5.41) is 0. The molecule has 0 aliphatic heterocycles. The van der Waals surface area contributed by atoms with Gasteiger partial charge in [-0.1, -0.05) is 63.4 Å². The first kappa shape index (κ1) is 15.5. The number of benzene rings is 1. The summed E-state index contributed by atoms with van der Waals surface area (Å²) in [7, 11) is 0. The molecule has 0 radical (unpaired) electrons. The lowest BCUT2D eigenvalue weighted by molar-refractivity contribution is 0.0206. The molecule has 3 heteroatoms. The first-order valence-corrected chi connectivity index (χ1v) is 7.16. The van der Waals surface area contributed by atoms with Crippen LogP contribution < -0.4 is 0 Å². The van der Waals surface area contributed by atoms with Crippen molar-refractivity contribution in [3.05, 3.63) is 35.9 Å². The van der Waals surface area contributed by atoms with Crippen molar-refractivity contribution in [3.8, 4) is 0 Å². The van der Waals surface area contributed by atoms with E-state index in [2.05, 4.69) is 6.92 Å². The summed E-state index contributed by atoms with van der Waals surface area (Å²) < 4.78 is 10.4. The highest BCUT2D eigenvalue weighted by atomic mass is 16.7. The smallest absolute Gasteiger partial charge is 0.434 e. The molecule has 1 aromatic carbocycles. The first-order chi connectivity index (χ1) is 9.27. The standard InChI is InChI=1S/C16H24O3/c1-3-5-6-10-13-18-16(17)19-15(4-2)14-11-8-7-9-12-14/h7-9,11-12,15H,3-6,10,13H2,1-2H3. The van der Waals surface area contributed by atoms with Crippen LogP contribution in [-0.2, 0) is 9.47 Å². The Hall–Kier alpha value is -1.51. The molecule has 3 nitrogen and oxygen atoms in total. The number of carbonyl (C=O) groups is 1. The SMILES string of the molecule is CCCCCCOC(=O)OC(CC)c1ccccc1. The molecule has 0 N–H and O–H groups in total. The number of carbonyl (C=O) groups excluding carboxylic acids is 1. The van der Waals surface area contributed by atoms with Crippen LogP contribution in [0.5, 0.6) is 0 Å². The Balaban J connectivity index is 2.30. The Morgan fingerprint density at radius 2 is 1.84 bits per heavy atom. The van der Waals surface area contributed by atoms with Crippen molar-refractivity contribution in [1.82, 2.24) is 0 Å². The van der Waals surface area contributed by atoms with Crippen LogP contribution in [0.2, 0.25) is 0 Å². The lowest BCUT2D eigenvalue weighted by Gasteiger charge is -2.16. The quantitative estimate of drug-likeness (QED) is 0.496. The van der Waals surface area contributed by atoms with Crippen molar-refractivity contribution in [2.45, 2.75) is 52.1 Å². The summed E-state index contributed by atoms with van der Waals surface area (Å²) in [6.07, 6.45) is 4.33. The fourth-order valence-electron chi connectivity index (χ4n) is 1.89. The van der Waals surface area contributed by atoms with E-state index in [0.717, 1.165) is 24.8 Å². The minimum absolute atomic E-state index is 0.218. The van der Waals surface area contributed by atoms with Crippen molar-refractivity contribution < 1.29 is 14.3 Å². The van der Waals surface area contributed by atoms with Gasteiger partial charge in [0.25, 0.3) is 0 Å². The summed E-state index contributed by atoms with van der Waals surface area (Å²) >= 11 is 0. The lowest BCUT2D eigenvalue weighted by atomic mass is 10.1. The van der Waals surface area contributed by atoms with E-state index in [-0.39, 0.29) is 6.10 Å². The third-order valence-electron chi connectivity index (χ3n) is 3.00. The number of hydrogen-bond donors (Lipinski definition) is 0. The van der Waals surface area contributed by atoms with E-state index in [4.69, 9.17) is 9.47 Å². The molecule has 1 atom stereocenters. The van der Waals surface area contributed by atoms with Gasteiger partial charge in [0.05, 0.1) is 6.61 Å². The molecule has 19 heavy (non-hydrogen) atoms. The summed E-state index contributed by atoms with van der Waals surface area (Å²) in [6, 6.07) is 9.75. The van der Waals surface area contributed by atoms with Gasteiger partial charge in [-0.2, -0.15) is 0 Å². The van der Waals surface area contributed by atoms with Gasteiger partial charge < -0.3 is 9.47 Å². The highest BCUT2D eigenvalue weighted by Gasteiger charge is 2.15. The first-order valence-electron chi connectivity index (χ1n) is 7.16. The van der Waals surface area contributed by atoms with Crippen molar-refractivity contribution in [2.75, 3.05) is 6.61 Å². The second-order valence-corrected chi connectivity index (χ2v) is 4.58. The Labute approximate surface area is 115 Å². The lowest BCUT2D eigenvalue weighted by Crippen LogP contribution is -2.13. The minimum atomic E-state index is -0.563. The summed E-state index contributed by atoms with van der Waals surface area (Å²) in [5.74, 6) is 0. The molecule has 0 aromatic heterocycles. The molecule has 0 fully saturated rings. The Morgan fingerprint density at radius 3 is 2.47 bits per heavy atom. The van der Waals surface area contributed by atoms with E-state index in [1.807, 2.05) is 37.3 Å². The van der Waals surface area contributed by atoms with Crippen LogP contribution in [-0.4, -0.2) is 12.8 Å². The summed E-state index contributed by atoms with van der Waals surface area (Å²) in [6.45, 7) is 4.59. The highest BCUT2D eigenvalue weighted by molar-refractivity contribution is 5.60. The van der Waals surface area contributed by atoms with E-state index in [0.29, 0.717) is 6.61 Å². The van der Waals surface area contributed by atoms with Crippen molar-refractivity contribution in [1.29, 1.82) is 0 Å². The van der Waals surface area contributed by atoms with Crippen LogP contribution in [0.25, 0.3) is 0 Å². The average Bonchev–Trinajstić information content (AvgIpc) is 2.45. The minimum Gasteiger partial charge on any atom is -0.434 e. The zero-order valence-corrected chi connectivity index (χ0v) is 11.9. The summed E-state index contributed by atoms with van der Waals surface area (Å²) in [5.41, 5.74) is 1.01. The molecule has 1 aromatic rings. The van der Waals surface area contributed by atoms with Crippen LogP contribution in [0.3, 0.4) is 0 Å². The van der Waals surface area contributed by atoms with Gasteiger partial charge >= 0.3 is 6.16 Å². The zero-order valence-electron chi connectivity index (χ0n) is 11.9. The molecule has 0 bridgehead atoms. The van der Waals surface area contributed by atoms with Gasteiger partial charge in [0.15, 0.2) is 0 Å². The Bertz CT molecular complexity index is 348. The number of ether oxygens (including phenoxy) is 2. The zero-order chi connectivity index (χ0) is 13.9. The maximum absolute atomic E-state index is 11.6. The Kier molecular flexibility index (Phi) is 7.71. The van der Waals surface area contributed by atoms with Gasteiger partial charge in [-0.3, -0.25) is 0 Å². The topological polar surface area (TPSA) is 35.5 Å².